The smallest absolute Gasteiger partial charge is 0.333 e. The molecular formula is C73H121N9O21. The van der Waals surface area contributed by atoms with Gasteiger partial charge in [-0.2, -0.15) is 0 Å². The lowest BCUT2D eigenvalue weighted by molar-refractivity contribution is -0.197. The van der Waals surface area contributed by atoms with E-state index < -0.39 is 59.5 Å². The second-order valence-corrected chi connectivity index (χ2v) is 26.6. The minimum atomic E-state index is -0.591. The SMILES string of the molecule is O=C(CCCCCCCNC(=O)CCOCCC(COCCC(=O)NCCCCCCCC(=O)NCCCCCCCC(=O)ON1C(=O)CCC1=O)OCCC(=O)NCCCCCCCC(=O)NCCCCCCCC(=O)ON1C(=O)CCC1=O)NCCCCCCCC(=O)ON1C(=O)CCC1=O. The number of unbranched alkanes of at least 4 members (excludes halogenated alkanes) is 24. The quantitative estimate of drug-likeness (QED) is 0.0253. The minimum Gasteiger partial charge on any atom is -0.381 e. The number of nitrogens with zero attached hydrogens (tertiary/aromatic N) is 3. The molecule has 12 amide bonds. The predicted molar refractivity (Wildman–Crippen MR) is 376 cm³/mol. The Morgan fingerprint density at radius 1 is 0.262 bits per heavy atom. The van der Waals surface area contributed by atoms with E-state index in [0.29, 0.717) is 99.4 Å². The van der Waals surface area contributed by atoms with Gasteiger partial charge in [0.2, 0.25) is 35.4 Å². The van der Waals surface area contributed by atoms with Gasteiger partial charge < -0.3 is 60.6 Å². The Labute approximate surface area is 608 Å². The zero-order valence-electron chi connectivity index (χ0n) is 61.3. The second kappa shape index (κ2) is 58.9. The van der Waals surface area contributed by atoms with E-state index in [9.17, 15) is 71.9 Å². The molecule has 1 atom stereocenters. The summed E-state index contributed by atoms with van der Waals surface area (Å²) in [4.78, 5) is 195. The summed E-state index contributed by atoms with van der Waals surface area (Å²) in [5.41, 5.74) is 0. The van der Waals surface area contributed by atoms with Gasteiger partial charge in [0.25, 0.3) is 35.4 Å². The van der Waals surface area contributed by atoms with Gasteiger partial charge in [0.05, 0.1) is 32.5 Å². The molecule has 1 unspecified atom stereocenters. The van der Waals surface area contributed by atoms with E-state index in [2.05, 4.69) is 31.9 Å². The summed E-state index contributed by atoms with van der Waals surface area (Å²) in [6, 6.07) is 0. The van der Waals surface area contributed by atoms with Crippen molar-refractivity contribution < 1.29 is 101 Å². The van der Waals surface area contributed by atoms with E-state index in [1.165, 1.54) is 0 Å². The van der Waals surface area contributed by atoms with Gasteiger partial charge >= 0.3 is 17.9 Å². The summed E-state index contributed by atoms with van der Waals surface area (Å²) in [5, 5.41) is 19.4. The summed E-state index contributed by atoms with van der Waals surface area (Å²) < 4.78 is 17.8. The number of hydrogen-bond acceptors (Lipinski definition) is 21. The first-order valence-electron chi connectivity index (χ1n) is 38.5. The third-order valence-electron chi connectivity index (χ3n) is 17.5. The summed E-state index contributed by atoms with van der Waals surface area (Å²) in [6.45, 7) is 4.34. The first-order valence-corrected chi connectivity index (χ1v) is 38.5. The third-order valence-corrected chi connectivity index (χ3v) is 17.5. The molecule has 30 heteroatoms. The van der Waals surface area contributed by atoms with Crippen molar-refractivity contribution in [3.63, 3.8) is 0 Å². The first-order chi connectivity index (χ1) is 49.9. The summed E-state index contributed by atoms with van der Waals surface area (Å²) >= 11 is 0. The first kappa shape index (κ1) is 89.7. The van der Waals surface area contributed by atoms with Crippen molar-refractivity contribution in [3.05, 3.63) is 0 Å². The zero-order valence-corrected chi connectivity index (χ0v) is 61.3. The lowest BCUT2D eigenvalue weighted by Gasteiger charge is -2.18. The van der Waals surface area contributed by atoms with Gasteiger partial charge in [0.15, 0.2) is 0 Å². The van der Waals surface area contributed by atoms with Crippen LogP contribution in [0, 0.1) is 0 Å². The fraction of sp³-hybridized carbons (Fsp3) is 0.795. The topological polar surface area (TPSA) is 393 Å². The number of amides is 12. The van der Waals surface area contributed by atoms with Gasteiger partial charge in [0, 0.05) is 142 Å². The van der Waals surface area contributed by atoms with Crippen LogP contribution in [0.1, 0.15) is 295 Å². The Balaban J connectivity index is 1.19. The van der Waals surface area contributed by atoms with Crippen LogP contribution in [0.25, 0.3) is 0 Å². The van der Waals surface area contributed by atoms with Crippen molar-refractivity contribution in [2.75, 3.05) is 72.3 Å². The maximum absolute atomic E-state index is 12.7. The normalized spacial score (nSPS) is 13.9. The zero-order chi connectivity index (χ0) is 74.8. The molecular weight excluding hydrogens is 1340 g/mol. The monoisotopic (exact) mass is 1460 g/mol. The number of nitrogens with one attached hydrogen (secondary N) is 6. The molecule has 584 valence electrons. The van der Waals surface area contributed by atoms with Crippen molar-refractivity contribution in [2.45, 2.75) is 301 Å². The average molecular weight is 1460 g/mol. The van der Waals surface area contributed by atoms with Gasteiger partial charge in [-0.3, -0.25) is 57.5 Å². The molecule has 6 N–H and O–H groups in total. The van der Waals surface area contributed by atoms with Crippen LogP contribution in [0.4, 0.5) is 0 Å². The van der Waals surface area contributed by atoms with Gasteiger partial charge in [-0.05, 0) is 83.5 Å². The molecule has 0 bridgehead atoms. The van der Waals surface area contributed by atoms with Crippen LogP contribution in [-0.4, -0.2) is 182 Å². The van der Waals surface area contributed by atoms with Gasteiger partial charge in [-0.25, -0.2) is 14.4 Å². The van der Waals surface area contributed by atoms with Crippen molar-refractivity contribution in [1.29, 1.82) is 0 Å². The molecule has 0 saturated carbocycles. The highest BCUT2D eigenvalue weighted by atomic mass is 16.7. The van der Waals surface area contributed by atoms with E-state index in [4.69, 9.17) is 28.7 Å². The highest BCUT2D eigenvalue weighted by molar-refractivity contribution is 6.03. The van der Waals surface area contributed by atoms with Crippen LogP contribution in [0.3, 0.4) is 0 Å². The van der Waals surface area contributed by atoms with Crippen LogP contribution in [0.5, 0.6) is 0 Å². The van der Waals surface area contributed by atoms with Crippen LogP contribution in [-0.2, 0) is 101 Å². The standard InChI is InChI=1S/C73H121N9O21/c83-59(74-47-25-16-4-10-22-34-71(95)101-80-65(89)37-38-66(80)90)31-19-7-1-13-28-50-77-62(86)44-54-98-53-43-58(100-56-46-64(88)79-52-30-15-3-9-21-33-61(85)76-49-27-18-6-12-24-36-73(97)103-82-69(93)41-42-70(82)94)57-99-55-45-63(87)78-51-29-14-2-8-20-32-60(84)75-48-26-17-5-11-23-35-72(96)102-81-67(91)39-40-68(81)92/h58H,1-57H2,(H,74,83)(H,75,84)(H,76,85)(H,77,86)(H,78,87)(H,79,88). The van der Waals surface area contributed by atoms with E-state index >= 15 is 0 Å². The number of rotatable bonds is 66. The highest BCUT2D eigenvalue weighted by Gasteiger charge is 2.35. The fourth-order valence-corrected chi connectivity index (χ4v) is 11.3. The average Bonchev–Trinajstić information content (AvgIpc) is 1.76. The van der Waals surface area contributed by atoms with E-state index in [0.717, 1.165) is 173 Å². The summed E-state index contributed by atoms with van der Waals surface area (Å²) in [7, 11) is 0. The molecule has 3 aliphatic rings. The molecule has 3 aliphatic heterocycles. The van der Waals surface area contributed by atoms with Crippen molar-refractivity contribution in [2.24, 2.45) is 0 Å². The Bertz CT molecular complexity index is 2540. The van der Waals surface area contributed by atoms with E-state index in [1.807, 2.05) is 0 Å². The largest absolute Gasteiger partial charge is 0.381 e. The molecule has 3 fully saturated rings. The highest BCUT2D eigenvalue weighted by Crippen LogP contribution is 2.18. The Kier molecular flexibility index (Phi) is 51.3. The Hall–Kier alpha value is -7.47. The fourth-order valence-electron chi connectivity index (χ4n) is 11.3. The molecule has 0 radical (unpaired) electrons. The molecule has 0 aromatic carbocycles. The number of hydrogen-bond donors (Lipinski definition) is 6. The van der Waals surface area contributed by atoms with Crippen LogP contribution < -0.4 is 31.9 Å². The molecule has 0 aromatic rings. The summed E-state index contributed by atoms with van der Waals surface area (Å²) in [5.74, 6) is -5.06. The molecule has 0 aliphatic carbocycles. The molecule has 30 nitrogen and oxygen atoms in total. The lowest BCUT2D eigenvalue weighted by Crippen LogP contribution is -2.31. The number of carbonyl (C=O) groups is 15. The molecule has 0 spiro atoms. The van der Waals surface area contributed by atoms with Gasteiger partial charge in [-0.1, -0.05) is 116 Å². The lowest BCUT2D eigenvalue weighted by atomic mass is 10.1. The van der Waals surface area contributed by atoms with Crippen molar-refractivity contribution in [1.82, 2.24) is 47.1 Å². The number of ether oxygens (including phenoxy) is 3. The summed E-state index contributed by atoms with van der Waals surface area (Å²) in [6.07, 6.45) is 27.7. The third kappa shape index (κ3) is 47.5. The van der Waals surface area contributed by atoms with Crippen molar-refractivity contribution in [3.8, 4) is 0 Å². The van der Waals surface area contributed by atoms with Crippen LogP contribution >= 0.6 is 0 Å². The Morgan fingerprint density at radius 3 is 0.767 bits per heavy atom. The molecule has 0 aromatic heterocycles. The predicted octanol–water partition coefficient (Wildman–Crippen LogP) is 7.53. The number of carbonyl (C=O) groups excluding carboxylic acids is 15. The van der Waals surface area contributed by atoms with Crippen LogP contribution in [0.2, 0.25) is 0 Å². The molecule has 3 heterocycles. The second-order valence-electron chi connectivity index (χ2n) is 26.6. The van der Waals surface area contributed by atoms with E-state index in [1.54, 1.807) is 0 Å². The number of hydroxylamine groups is 6. The van der Waals surface area contributed by atoms with Crippen molar-refractivity contribution >= 4 is 88.8 Å². The van der Waals surface area contributed by atoms with Gasteiger partial charge in [-0.15, -0.1) is 15.2 Å². The molecule has 103 heavy (non-hydrogen) atoms. The Morgan fingerprint density at radius 2 is 0.485 bits per heavy atom. The minimum absolute atomic E-state index is 0.0170. The van der Waals surface area contributed by atoms with Gasteiger partial charge in [0.1, 0.15) is 0 Å². The maximum Gasteiger partial charge on any atom is 0.333 e. The maximum atomic E-state index is 12.7. The molecule has 3 rings (SSSR count). The van der Waals surface area contributed by atoms with Crippen LogP contribution in [0.15, 0.2) is 0 Å². The number of imide groups is 3. The van der Waals surface area contributed by atoms with E-state index in [-0.39, 0.29) is 146 Å². The molecule has 3 saturated heterocycles.